The van der Waals surface area contributed by atoms with Gasteiger partial charge in [0.15, 0.2) is 0 Å². The number of carbonyl (C=O) groups excluding carboxylic acids is 2. The van der Waals surface area contributed by atoms with Crippen molar-refractivity contribution in [3.8, 4) is 0 Å². The van der Waals surface area contributed by atoms with Crippen LogP contribution < -0.4 is 5.32 Å². The maximum absolute atomic E-state index is 10.7. The second-order valence-corrected chi connectivity index (χ2v) is 2.13. The Morgan fingerprint density at radius 3 is 2.82 bits per heavy atom. The molecule has 4 heteroatoms. The lowest BCUT2D eigenvalue weighted by atomic mass is 10.3. The van der Waals surface area contributed by atoms with Crippen LogP contribution in [0.25, 0.3) is 0 Å². The normalized spacial score (nSPS) is 9.18. The molecular weight excluding hydrogens is 146 g/mol. The van der Waals surface area contributed by atoms with Gasteiger partial charge >= 0.3 is 0 Å². The Morgan fingerprint density at radius 2 is 2.27 bits per heavy atom. The first-order valence-corrected chi connectivity index (χ1v) is 3.62. The van der Waals surface area contributed by atoms with Gasteiger partial charge in [-0.15, -0.1) is 0 Å². The minimum Gasteiger partial charge on any atom is -0.396 e. The summed E-state index contributed by atoms with van der Waals surface area (Å²) in [6.07, 6.45) is 1.92. The van der Waals surface area contributed by atoms with E-state index in [1.54, 1.807) is 0 Å². The third kappa shape index (κ3) is 6.99. The molecule has 4 nitrogen and oxygen atoms in total. The Bertz CT molecular complexity index is 125. The highest BCUT2D eigenvalue weighted by Crippen LogP contribution is 1.85. The molecule has 0 aliphatic heterocycles. The van der Waals surface area contributed by atoms with E-state index < -0.39 is 0 Å². The van der Waals surface area contributed by atoms with Crippen molar-refractivity contribution >= 4 is 12.2 Å². The van der Waals surface area contributed by atoms with Gasteiger partial charge in [0.1, 0.15) is 6.29 Å². The van der Waals surface area contributed by atoms with Crippen LogP contribution in [0.4, 0.5) is 0 Å². The minimum absolute atomic E-state index is 0.0289. The molecule has 1 amide bonds. The van der Waals surface area contributed by atoms with E-state index in [9.17, 15) is 9.59 Å². The van der Waals surface area contributed by atoms with Gasteiger partial charge in [0.2, 0.25) is 5.91 Å². The molecule has 0 aromatic carbocycles. The van der Waals surface area contributed by atoms with Crippen LogP contribution in [0.3, 0.4) is 0 Å². The number of hydrogen-bond acceptors (Lipinski definition) is 3. The number of aldehydes is 1. The van der Waals surface area contributed by atoms with Gasteiger partial charge in [0.25, 0.3) is 0 Å². The van der Waals surface area contributed by atoms with Crippen LogP contribution in [0.5, 0.6) is 0 Å². The van der Waals surface area contributed by atoms with Gasteiger partial charge in [-0.2, -0.15) is 0 Å². The fraction of sp³-hybridized carbons (Fsp3) is 0.714. The Labute approximate surface area is 65.6 Å². The van der Waals surface area contributed by atoms with E-state index in [0.29, 0.717) is 25.8 Å². The molecule has 0 unspecified atom stereocenters. The summed E-state index contributed by atoms with van der Waals surface area (Å²) >= 11 is 0. The Balaban J connectivity index is 3.15. The van der Waals surface area contributed by atoms with Crippen molar-refractivity contribution in [1.82, 2.24) is 5.32 Å². The molecule has 0 atom stereocenters. The van der Waals surface area contributed by atoms with Gasteiger partial charge < -0.3 is 15.2 Å². The zero-order chi connectivity index (χ0) is 8.53. The highest BCUT2D eigenvalue weighted by Gasteiger charge is 1.97. The summed E-state index contributed by atoms with van der Waals surface area (Å²) in [7, 11) is 0. The van der Waals surface area contributed by atoms with E-state index in [0.717, 1.165) is 6.29 Å². The molecule has 0 saturated carbocycles. The predicted octanol–water partition coefficient (Wildman–Crippen LogP) is -0.536. The van der Waals surface area contributed by atoms with Crippen molar-refractivity contribution in [3.63, 3.8) is 0 Å². The number of aliphatic hydroxyl groups is 1. The average molecular weight is 159 g/mol. The Hall–Kier alpha value is -0.900. The van der Waals surface area contributed by atoms with Crippen molar-refractivity contribution in [1.29, 1.82) is 0 Å². The monoisotopic (exact) mass is 159 g/mol. The van der Waals surface area contributed by atoms with Crippen LogP contribution >= 0.6 is 0 Å². The molecular formula is C7H13NO3. The van der Waals surface area contributed by atoms with E-state index in [4.69, 9.17) is 5.11 Å². The van der Waals surface area contributed by atoms with Gasteiger partial charge in [-0.05, 0) is 6.42 Å². The topological polar surface area (TPSA) is 66.4 Å². The maximum atomic E-state index is 10.7. The molecule has 0 heterocycles. The number of amides is 1. The fourth-order valence-electron chi connectivity index (χ4n) is 0.599. The van der Waals surface area contributed by atoms with Crippen LogP contribution in [-0.2, 0) is 9.59 Å². The summed E-state index contributed by atoms with van der Waals surface area (Å²) < 4.78 is 0. The second-order valence-electron chi connectivity index (χ2n) is 2.13. The molecule has 0 bridgehead atoms. The third-order valence-corrected chi connectivity index (χ3v) is 1.15. The average Bonchev–Trinajstić information content (AvgIpc) is 2.01. The molecule has 2 N–H and O–H groups in total. The van der Waals surface area contributed by atoms with Crippen LogP contribution in [0.15, 0.2) is 0 Å². The number of nitrogens with one attached hydrogen (secondary N) is 1. The number of aliphatic hydroxyl groups excluding tert-OH is 1. The number of rotatable bonds is 6. The molecule has 0 fully saturated rings. The van der Waals surface area contributed by atoms with E-state index in [-0.39, 0.29) is 12.5 Å². The van der Waals surface area contributed by atoms with Gasteiger partial charge in [0.05, 0.1) is 0 Å². The van der Waals surface area contributed by atoms with Crippen molar-refractivity contribution < 1.29 is 14.7 Å². The standard InChI is InChI=1S/C7H13NO3/c9-5-1-3-7(11)8-4-2-6-10/h6,9H,1-5H2,(H,8,11). The zero-order valence-electron chi connectivity index (χ0n) is 6.38. The van der Waals surface area contributed by atoms with E-state index in [1.807, 2.05) is 0 Å². The highest BCUT2D eigenvalue weighted by atomic mass is 16.3. The lowest BCUT2D eigenvalue weighted by Gasteiger charge is -2.00. The summed E-state index contributed by atoms with van der Waals surface area (Å²) in [5, 5.41) is 10.9. The van der Waals surface area contributed by atoms with Gasteiger partial charge in [-0.25, -0.2) is 0 Å². The molecule has 0 rings (SSSR count). The second kappa shape index (κ2) is 7.21. The smallest absolute Gasteiger partial charge is 0.220 e. The number of carbonyl (C=O) groups is 2. The molecule has 0 spiro atoms. The molecule has 0 aliphatic carbocycles. The number of hydrogen-bond donors (Lipinski definition) is 2. The van der Waals surface area contributed by atoms with Crippen LogP contribution in [-0.4, -0.2) is 30.5 Å². The first-order valence-electron chi connectivity index (χ1n) is 3.62. The lowest BCUT2D eigenvalue weighted by molar-refractivity contribution is -0.121. The van der Waals surface area contributed by atoms with Crippen molar-refractivity contribution in [2.45, 2.75) is 19.3 Å². The largest absolute Gasteiger partial charge is 0.396 e. The summed E-state index contributed by atoms with van der Waals surface area (Å²) in [6, 6.07) is 0. The summed E-state index contributed by atoms with van der Waals surface area (Å²) in [4.78, 5) is 20.5. The molecule has 0 aliphatic rings. The fourth-order valence-corrected chi connectivity index (χ4v) is 0.599. The summed E-state index contributed by atoms with van der Waals surface area (Å²) in [5.41, 5.74) is 0. The lowest BCUT2D eigenvalue weighted by Crippen LogP contribution is -2.24. The van der Waals surface area contributed by atoms with Crippen molar-refractivity contribution in [3.05, 3.63) is 0 Å². The summed E-state index contributed by atoms with van der Waals surface area (Å²) in [6.45, 7) is 0.425. The van der Waals surface area contributed by atoms with E-state index in [1.165, 1.54) is 0 Å². The summed E-state index contributed by atoms with van der Waals surface area (Å²) in [5.74, 6) is -0.110. The molecule has 0 aromatic rings. The SMILES string of the molecule is O=CCCNC(=O)CCCO. The quantitative estimate of drug-likeness (QED) is 0.404. The molecule has 64 valence electrons. The zero-order valence-corrected chi connectivity index (χ0v) is 6.38. The molecule has 0 saturated heterocycles. The van der Waals surface area contributed by atoms with Gasteiger partial charge in [-0.1, -0.05) is 0 Å². The highest BCUT2D eigenvalue weighted by molar-refractivity contribution is 5.76. The first kappa shape index (κ1) is 10.1. The molecule has 11 heavy (non-hydrogen) atoms. The van der Waals surface area contributed by atoms with Crippen LogP contribution in [0, 0.1) is 0 Å². The van der Waals surface area contributed by atoms with Gasteiger partial charge in [-0.3, -0.25) is 4.79 Å². The van der Waals surface area contributed by atoms with Crippen molar-refractivity contribution in [2.75, 3.05) is 13.2 Å². The Morgan fingerprint density at radius 1 is 1.55 bits per heavy atom. The van der Waals surface area contributed by atoms with Crippen molar-refractivity contribution in [2.24, 2.45) is 0 Å². The molecule has 0 radical (unpaired) electrons. The Kier molecular flexibility index (Phi) is 6.62. The minimum atomic E-state index is -0.110. The predicted molar refractivity (Wildman–Crippen MR) is 40.0 cm³/mol. The van der Waals surface area contributed by atoms with E-state index >= 15 is 0 Å². The van der Waals surface area contributed by atoms with Crippen LogP contribution in [0.2, 0.25) is 0 Å². The first-order chi connectivity index (χ1) is 5.31. The van der Waals surface area contributed by atoms with Gasteiger partial charge in [0, 0.05) is 26.0 Å². The maximum Gasteiger partial charge on any atom is 0.220 e. The molecule has 0 aromatic heterocycles. The van der Waals surface area contributed by atoms with Crippen LogP contribution in [0.1, 0.15) is 19.3 Å². The third-order valence-electron chi connectivity index (χ3n) is 1.15. The van der Waals surface area contributed by atoms with E-state index in [2.05, 4.69) is 5.32 Å².